The summed E-state index contributed by atoms with van der Waals surface area (Å²) in [6, 6.07) is 2.06. The second kappa shape index (κ2) is 8.46. The third kappa shape index (κ3) is 4.29. The van der Waals surface area contributed by atoms with Crippen molar-refractivity contribution in [1.82, 2.24) is 30.8 Å². The molecule has 7 N–H and O–H groups in total. The molecule has 1 fully saturated rings. The van der Waals surface area contributed by atoms with Gasteiger partial charge in [-0.3, -0.25) is 10.9 Å². The molecule has 1 aliphatic carbocycles. The molecular weight excluding hydrogens is 382 g/mol. The Morgan fingerprint density at radius 1 is 1.46 bits per heavy atom. The second-order valence-electron chi connectivity index (χ2n) is 7.20. The first-order valence-corrected chi connectivity index (χ1v) is 9.61. The van der Waals surface area contributed by atoms with Crippen molar-refractivity contribution in [3.8, 4) is 6.07 Å². The number of rotatable bonds is 10. The van der Waals surface area contributed by atoms with E-state index in [0.717, 1.165) is 19.4 Å². The Labute approximate surface area is 168 Å². The quantitative estimate of drug-likeness (QED) is 0.239. The lowest BCUT2D eigenvalue weighted by Crippen LogP contribution is -2.51. The number of hydrogen-bond acceptors (Lipinski definition) is 9. The lowest BCUT2D eigenvalue weighted by Gasteiger charge is -2.22. The Hall–Kier alpha value is -2.16. The summed E-state index contributed by atoms with van der Waals surface area (Å²) in [5.74, 6) is 0.588. The van der Waals surface area contributed by atoms with Gasteiger partial charge in [0.05, 0.1) is 12.3 Å². The molecule has 0 radical (unpaired) electrons. The minimum absolute atomic E-state index is 0.0297. The van der Waals surface area contributed by atoms with E-state index in [2.05, 4.69) is 37.6 Å². The van der Waals surface area contributed by atoms with Crippen molar-refractivity contribution in [1.29, 1.82) is 5.26 Å². The van der Waals surface area contributed by atoms with Crippen molar-refractivity contribution < 1.29 is 5.11 Å². The summed E-state index contributed by atoms with van der Waals surface area (Å²) >= 11 is 6.25. The average Bonchev–Trinajstić information content (AvgIpc) is 3.37. The first kappa shape index (κ1) is 20.6. The van der Waals surface area contributed by atoms with Crippen molar-refractivity contribution in [2.24, 2.45) is 0 Å². The minimum Gasteiger partial charge on any atom is -0.395 e. The maximum atomic E-state index is 9.50. The topological polar surface area (TPSA) is 148 Å². The highest BCUT2D eigenvalue weighted by Gasteiger charge is 2.41. The summed E-state index contributed by atoms with van der Waals surface area (Å²) in [6.07, 6.45) is 2.15. The molecule has 1 saturated carbocycles. The van der Waals surface area contributed by atoms with E-state index in [-0.39, 0.29) is 29.6 Å². The summed E-state index contributed by atoms with van der Waals surface area (Å²) in [5.41, 5.74) is 14.0. The Morgan fingerprint density at radius 2 is 2.21 bits per heavy atom. The first-order valence-electron chi connectivity index (χ1n) is 9.23. The standard InChI is InChI=1S/C17H26ClN9O/c1-10(8-22-26-17(3-4-17)9-21-5-6-28)23-15-12(7-19)14(20)27-16(24-15)13(18)11(2)25-27/h10,21-22,26,28H,3-6,8-9,20H2,1-2H3,(H,23,24). The molecule has 10 nitrogen and oxygen atoms in total. The highest BCUT2D eigenvalue weighted by molar-refractivity contribution is 6.34. The van der Waals surface area contributed by atoms with Crippen LogP contribution in [0.1, 0.15) is 31.0 Å². The number of aromatic nitrogens is 3. The van der Waals surface area contributed by atoms with E-state index in [1.807, 2.05) is 6.92 Å². The van der Waals surface area contributed by atoms with Gasteiger partial charge in [-0.1, -0.05) is 11.6 Å². The smallest absolute Gasteiger partial charge is 0.178 e. The lowest BCUT2D eigenvalue weighted by atomic mass is 10.2. The molecule has 1 atom stereocenters. The third-order valence-electron chi connectivity index (χ3n) is 4.77. The third-order valence-corrected chi connectivity index (χ3v) is 5.21. The number of nitrogens with one attached hydrogen (secondary N) is 4. The van der Waals surface area contributed by atoms with Crippen LogP contribution in [0.5, 0.6) is 0 Å². The van der Waals surface area contributed by atoms with Crippen molar-refractivity contribution in [3.63, 3.8) is 0 Å². The van der Waals surface area contributed by atoms with Gasteiger partial charge in [-0.25, -0.2) is 4.98 Å². The van der Waals surface area contributed by atoms with E-state index < -0.39 is 0 Å². The molecule has 1 unspecified atom stereocenters. The molecule has 0 aliphatic heterocycles. The molecular formula is C17H26ClN9O. The van der Waals surface area contributed by atoms with E-state index in [1.165, 1.54) is 4.52 Å². The van der Waals surface area contributed by atoms with Gasteiger partial charge in [-0.15, -0.1) is 0 Å². The molecule has 2 aromatic heterocycles. The van der Waals surface area contributed by atoms with Gasteiger partial charge < -0.3 is 21.5 Å². The molecule has 0 amide bonds. The number of aryl methyl sites for hydroxylation is 1. The number of halogens is 1. The molecule has 28 heavy (non-hydrogen) atoms. The number of hydrogen-bond donors (Lipinski definition) is 6. The fourth-order valence-electron chi connectivity index (χ4n) is 2.94. The molecule has 152 valence electrons. The van der Waals surface area contributed by atoms with E-state index in [0.29, 0.717) is 35.3 Å². The van der Waals surface area contributed by atoms with E-state index in [4.69, 9.17) is 22.4 Å². The van der Waals surface area contributed by atoms with E-state index in [9.17, 15) is 5.26 Å². The zero-order valence-electron chi connectivity index (χ0n) is 16.0. The minimum atomic E-state index is -0.0297. The van der Waals surface area contributed by atoms with Crippen molar-refractivity contribution in [2.75, 3.05) is 37.3 Å². The van der Waals surface area contributed by atoms with Crippen LogP contribution in [0, 0.1) is 18.3 Å². The molecule has 2 aromatic rings. The van der Waals surface area contributed by atoms with Gasteiger partial charge in [0.25, 0.3) is 0 Å². The average molecular weight is 408 g/mol. The fraction of sp³-hybridized carbons (Fsp3) is 0.588. The monoisotopic (exact) mass is 407 g/mol. The van der Waals surface area contributed by atoms with Crippen molar-refractivity contribution >= 4 is 28.9 Å². The molecule has 11 heteroatoms. The van der Waals surface area contributed by atoms with Gasteiger partial charge >= 0.3 is 0 Å². The van der Waals surface area contributed by atoms with Crippen LogP contribution in [0.25, 0.3) is 5.65 Å². The number of hydrazine groups is 1. The molecule has 0 aromatic carbocycles. The van der Waals surface area contributed by atoms with Gasteiger partial charge in [0.1, 0.15) is 22.5 Å². The predicted molar refractivity (Wildman–Crippen MR) is 108 cm³/mol. The SMILES string of the molecule is Cc1nn2c(N)c(C#N)c(NC(C)CNNC3(CNCCO)CC3)nc2c1Cl. The van der Waals surface area contributed by atoms with Crippen LogP contribution >= 0.6 is 11.6 Å². The summed E-state index contributed by atoms with van der Waals surface area (Å²) < 4.78 is 1.39. The summed E-state index contributed by atoms with van der Waals surface area (Å²) in [4.78, 5) is 4.46. The number of nitrogen functional groups attached to an aromatic ring is 1. The molecule has 0 spiro atoms. The van der Waals surface area contributed by atoms with Crippen LogP contribution in [0.3, 0.4) is 0 Å². The lowest BCUT2D eigenvalue weighted by molar-refractivity contribution is 0.285. The maximum Gasteiger partial charge on any atom is 0.178 e. The number of aliphatic hydroxyl groups is 1. The summed E-state index contributed by atoms with van der Waals surface area (Å²) in [6.45, 7) is 5.86. The Kier molecular flexibility index (Phi) is 6.22. The fourth-order valence-corrected chi connectivity index (χ4v) is 3.10. The van der Waals surface area contributed by atoms with Crippen LogP contribution in [0.4, 0.5) is 11.6 Å². The number of nitrogens with two attached hydrogens (primary N) is 1. The molecule has 1 aliphatic rings. The van der Waals surface area contributed by atoms with Crippen LogP contribution < -0.4 is 27.2 Å². The Balaban J connectivity index is 1.62. The largest absolute Gasteiger partial charge is 0.395 e. The second-order valence-corrected chi connectivity index (χ2v) is 7.58. The zero-order valence-corrected chi connectivity index (χ0v) is 16.8. The Bertz CT molecular complexity index is 887. The summed E-state index contributed by atoms with van der Waals surface area (Å²) in [5, 5.41) is 29.4. The van der Waals surface area contributed by atoms with Gasteiger partial charge in [0.15, 0.2) is 11.5 Å². The summed E-state index contributed by atoms with van der Waals surface area (Å²) in [7, 11) is 0. The number of nitriles is 1. The molecule has 2 heterocycles. The number of aliphatic hydroxyl groups excluding tert-OH is 1. The Morgan fingerprint density at radius 3 is 2.86 bits per heavy atom. The van der Waals surface area contributed by atoms with Gasteiger partial charge in [0.2, 0.25) is 0 Å². The van der Waals surface area contributed by atoms with Crippen molar-refractivity contribution in [2.45, 2.75) is 38.3 Å². The highest BCUT2D eigenvalue weighted by Crippen LogP contribution is 2.33. The maximum absolute atomic E-state index is 9.50. The van der Waals surface area contributed by atoms with Crippen molar-refractivity contribution in [3.05, 3.63) is 16.3 Å². The highest BCUT2D eigenvalue weighted by atomic mass is 35.5. The van der Waals surface area contributed by atoms with Gasteiger partial charge in [-0.05, 0) is 26.7 Å². The van der Waals surface area contributed by atoms with Gasteiger partial charge in [0, 0.05) is 31.2 Å². The molecule has 0 saturated heterocycles. The van der Waals surface area contributed by atoms with E-state index in [1.54, 1.807) is 6.92 Å². The van der Waals surface area contributed by atoms with Crippen LogP contribution in [-0.2, 0) is 0 Å². The van der Waals surface area contributed by atoms with Gasteiger partial charge in [-0.2, -0.15) is 14.9 Å². The number of anilines is 2. The van der Waals surface area contributed by atoms with E-state index >= 15 is 0 Å². The first-order chi connectivity index (χ1) is 13.4. The number of fused-ring (bicyclic) bond motifs is 1. The van der Waals surface area contributed by atoms with Crippen LogP contribution in [0.15, 0.2) is 0 Å². The molecule has 3 rings (SSSR count). The normalized spacial score (nSPS) is 16.1. The van der Waals surface area contributed by atoms with Crippen LogP contribution in [-0.4, -0.2) is 57.5 Å². The predicted octanol–water partition coefficient (Wildman–Crippen LogP) is 0.154. The number of nitrogens with zero attached hydrogens (tertiary/aromatic N) is 4. The molecule has 0 bridgehead atoms. The van der Waals surface area contributed by atoms with Crippen LogP contribution in [0.2, 0.25) is 5.02 Å². The zero-order chi connectivity index (χ0) is 20.3.